The number of nitro groups is 1. The van der Waals surface area contributed by atoms with Crippen LogP contribution in [0.3, 0.4) is 0 Å². The van der Waals surface area contributed by atoms with Crippen molar-refractivity contribution < 1.29 is 20.2 Å². The van der Waals surface area contributed by atoms with E-state index in [-0.39, 0.29) is 17.1 Å². The van der Waals surface area contributed by atoms with Gasteiger partial charge in [0.25, 0.3) is 5.69 Å². The average molecular weight is 287 g/mol. The highest BCUT2D eigenvalue weighted by molar-refractivity contribution is 5.83. The lowest BCUT2D eigenvalue weighted by molar-refractivity contribution is -0.384. The molecule has 0 amide bonds. The molecule has 1 heterocycles. The summed E-state index contributed by atoms with van der Waals surface area (Å²) in [5.41, 5.74) is 0.980. The van der Waals surface area contributed by atoms with Crippen molar-refractivity contribution in [1.82, 2.24) is 9.97 Å². The Morgan fingerprint density at radius 3 is 2.57 bits per heavy atom. The summed E-state index contributed by atoms with van der Waals surface area (Å²) in [5, 5.41) is 39.4. The highest BCUT2D eigenvalue weighted by Gasteiger charge is 2.16. The lowest BCUT2D eigenvalue weighted by Crippen LogP contribution is -1.86. The number of fused-ring (bicyclic) bond motifs is 1. The van der Waals surface area contributed by atoms with Gasteiger partial charge in [-0.05, 0) is 18.2 Å². The van der Waals surface area contributed by atoms with Gasteiger partial charge in [-0.1, -0.05) is 0 Å². The maximum absolute atomic E-state index is 10.7. The molecule has 8 nitrogen and oxygen atoms in total. The lowest BCUT2D eigenvalue weighted by atomic mass is 10.1. The number of phenols is 3. The topological polar surface area (TPSA) is 133 Å². The third kappa shape index (κ3) is 1.98. The summed E-state index contributed by atoms with van der Waals surface area (Å²) in [6.07, 6.45) is 0. The summed E-state index contributed by atoms with van der Waals surface area (Å²) in [4.78, 5) is 17.2. The molecule has 8 heteroatoms. The van der Waals surface area contributed by atoms with Crippen LogP contribution in [0, 0.1) is 10.1 Å². The standard InChI is InChI=1S/C13H9N3O5/c17-10-4-2-7(11(18)12(10)19)13-14-8-3-1-6(16(20)21)5-9(8)15-13/h1-5,17-19H,(H,14,15). The third-order valence-corrected chi connectivity index (χ3v) is 3.06. The van der Waals surface area contributed by atoms with E-state index in [1.165, 1.54) is 30.3 Å². The van der Waals surface area contributed by atoms with E-state index in [2.05, 4.69) is 9.97 Å². The fraction of sp³-hybridized carbons (Fsp3) is 0. The molecule has 0 saturated carbocycles. The Bertz CT molecular complexity index is 872. The van der Waals surface area contributed by atoms with Gasteiger partial charge in [0.2, 0.25) is 5.75 Å². The summed E-state index contributed by atoms with van der Waals surface area (Å²) < 4.78 is 0. The van der Waals surface area contributed by atoms with E-state index in [1.54, 1.807) is 0 Å². The van der Waals surface area contributed by atoms with E-state index in [0.717, 1.165) is 0 Å². The van der Waals surface area contributed by atoms with Crippen LogP contribution in [0.15, 0.2) is 30.3 Å². The van der Waals surface area contributed by atoms with Crippen molar-refractivity contribution in [2.24, 2.45) is 0 Å². The van der Waals surface area contributed by atoms with Gasteiger partial charge in [0.15, 0.2) is 11.5 Å². The molecule has 0 unspecified atom stereocenters. The van der Waals surface area contributed by atoms with Gasteiger partial charge in [0.1, 0.15) is 5.82 Å². The number of benzene rings is 2. The average Bonchev–Trinajstić information content (AvgIpc) is 2.87. The van der Waals surface area contributed by atoms with Crippen LogP contribution in [0.5, 0.6) is 17.2 Å². The van der Waals surface area contributed by atoms with Crippen LogP contribution in [0.1, 0.15) is 0 Å². The molecular weight excluding hydrogens is 278 g/mol. The molecule has 0 spiro atoms. The number of hydrogen-bond donors (Lipinski definition) is 4. The van der Waals surface area contributed by atoms with E-state index >= 15 is 0 Å². The number of H-pyrrole nitrogens is 1. The predicted octanol–water partition coefficient (Wildman–Crippen LogP) is 2.25. The number of nitrogens with zero attached hydrogens (tertiary/aromatic N) is 2. The van der Waals surface area contributed by atoms with E-state index in [1.807, 2.05) is 0 Å². The zero-order chi connectivity index (χ0) is 15.1. The number of aromatic nitrogens is 2. The van der Waals surface area contributed by atoms with Crippen LogP contribution in [-0.4, -0.2) is 30.2 Å². The highest BCUT2D eigenvalue weighted by atomic mass is 16.6. The zero-order valence-corrected chi connectivity index (χ0v) is 10.4. The summed E-state index contributed by atoms with van der Waals surface area (Å²) in [7, 11) is 0. The SMILES string of the molecule is O=[N+]([O-])c1ccc2nc(-c3ccc(O)c(O)c3O)[nH]c2c1. The first-order chi connectivity index (χ1) is 9.97. The molecule has 0 saturated heterocycles. The molecule has 3 aromatic rings. The molecule has 0 bridgehead atoms. The monoisotopic (exact) mass is 287 g/mol. The van der Waals surface area contributed by atoms with E-state index < -0.39 is 22.2 Å². The number of nitrogens with one attached hydrogen (secondary N) is 1. The molecule has 2 aromatic carbocycles. The third-order valence-electron chi connectivity index (χ3n) is 3.06. The quantitative estimate of drug-likeness (QED) is 0.324. The molecule has 0 aliphatic carbocycles. The van der Waals surface area contributed by atoms with Crippen molar-refractivity contribution in [3.05, 3.63) is 40.4 Å². The van der Waals surface area contributed by atoms with Gasteiger partial charge in [-0.15, -0.1) is 0 Å². The van der Waals surface area contributed by atoms with Crippen molar-refractivity contribution in [3.8, 4) is 28.6 Å². The number of non-ortho nitro benzene ring substituents is 1. The lowest BCUT2D eigenvalue weighted by Gasteiger charge is -2.04. The smallest absolute Gasteiger partial charge is 0.271 e. The van der Waals surface area contributed by atoms with E-state index in [4.69, 9.17) is 0 Å². The summed E-state index contributed by atoms with van der Waals surface area (Å²) in [6, 6.07) is 6.70. The number of aromatic amines is 1. The first kappa shape index (κ1) is 12.7. The maximum atomic E-state index is 10.7. The van der Waals surface area contributed by atoms with Crippen LogP contribution in [0.4, 0.5) is 5.69 Å². The number of phenolic OH excluding ortho intramolecular Hbond substituents is 3. The largest absolute Gasteiger partial charge is 0.504 e. The van der Waals surface area contributed by atoms with Crippen LogP contribution < -0.4 is 0 Å². The molecule has 106 valence electrons. The van der Waals surface area contributed by atoms with Gasteiger partial charge in [0.05, 0.1) is 21.5 Å². The molecular formula is C13H9N3O5. The zero-order valence-electron chi connectivity index (χ0n) is 10.4. The second kappa shape index (κ2) is 4.37. The maximum Gasteiger partial charge on any atom is 0.271 e. The Balaban J connectivity index is 2.18. The van der Waals surface area contributed by atoms with Crippen LogP contribution in [0.25, 0.3) is 22.4 Å². The normalized spacial score (nSPS) is 10.9. The Kier molecular flexibility index (Phi) is 2.65. The molecule has 0 radical (unpaired) electrons. The van der Waals surface area contributed by atoms with Crippen molar-refractivity contribution in [3.63, 3.8) is 0 Å². The van der Waals surface area contributed by atoms with Gasteiger partial charge in [-0.2, -0.15) is 0 Å². The number of aromatic hydroxyl groups is 3. The summed E-state index contributed by atoms with van der Waals surface area (Å²) in [5.74, 6) is -1.41. The first-order valence-corrected chi connectivity index (χ1v) is 5.86. The summed E-state index contributed by atoms with van der Waals surface area (Å²) >= 11 is 0. The minimum absolute atomic E-state index is 0.0875. The van der Waals surface area contributed by atoms with Gasteiger partial charge >= 0.3 is 0 Å². The number of rotatable bonds is 2. The minimum atomic E-state index is -0.654. The van der Waals surface area contributed by atoms with Gasteiger partial charge in [-0.25, -0.2) is 4.98 Å². The first-order valence-electron chi connectivity index (χ1n) is 5.86. The number of imidazole rings is 1. The van der Waals surface area contributed by atoms with Crippen molar-refractivity contribution in [1.29, 1.82) is 0 Å². The van der Waals surface area contributed by atoms with Gasteiger partial charge in [0, 0.05) is 12.1 Å². The van der Waals surface area contributed by atoms with Crippen LogP contribution in [-0.2, 0) is 0 Å². The predicted molar refractivity (Wildman–Crippen MR) is 73.2 cm³/mol. The molecule has 1 aromatic heterocycles. The Hall–Kier alpha value is -3.29. The van der Waals surface area contributed by atoms with Crippen LogP contribution in [0.2, 0.25) is 0 Å². The molecule has 0 atom stereocenters. The van der Waals surface area contributed by atoms with E-state index in [0.29, 0.717) is 11.0 Å². The molecule has 0 aliphatic rings. The molecule has 4 N–H and O–H groups in total. The van der Waals surface area contributed by atoms with Gasteiger partial charge < -0.3 is 20.3 Å². The summed E-state index contributed by atoms with van der Waals surface area (Å²) in [6.45, 7) is 0. The van der Waals surface area contributed by atoms with Crippen LogP contribution >= 0.6 is 0 Å². The van der Waals surface area contributed by atoms with Crippen molar-refractivity contribution >= 4 is 16.7 Å². The van der Waals surface area contributed by atoms with Crippen molar-refractivity contribution in [2.45, 2.75) is 0 Å². The molecule has 3 rings (SSSR count). The Morgan fingerprint density at radius 1 is 1.10 bits per heavy atom. The highest BCUT2D eigenvalue weighted by Crippen LogP contribution is 2.41. The van der Waals surface area contributed by atoms with E-state index in [9.17, 15) is 25.4 Å². The number of hydrogen-bond acceptors (Lipinski definition) is 6. The molecule has 0 fully saturated rings. The molecule has 0 aliphatic heterocycles. The minimum Gasteiger partial charge on any atom is -0.504 e. The second-order valence-corrected chi connectivity index (χ2v) is 4.37. The Morgan fingerprint density at radius 2 is 1.86 bits per heavy atom. The van der Waals surface area contributed by atoms with Crippen molar-refractivity contribution in [2.75, 3.05) is 0 Å². The molecule has 21 heavy (non-hydrogen) atoms. The van der Waals surface area contributed by atoms with Gasteiger partial charge in [-0.3, -0.25) is 10.1 Å². The Labute approximate surface area is 117 Å². The fourth-order valence-electron chi connectivity index (χ4n) is 2.00. The number of nitro benzene ring substituents is 1. The second-order valence-electron chi connectivity index (χ2n) is 4.37. The fourth-order valence-corrected chi connectivity index (χ4v) is 2.00.